The first-order chi connectivity index (χ1) is 26.1. The molecule has 2 atom stereocenters. The minimum Gasteiger partial charge on any atom is -0.481 e. The number of carboxylic acid groups (broad SMARTS) is 2. The Bertz CT molecular complexity index is 1440. The molecule has 0 saturated carbocycles. The molecule has 2 fully saturated rings. The van der Waals surface area contributed by atoms with Crippen LogP contribution >= 0.6 is 35.3 Å². The van der Waals surface area contributed by atoms with Crippen molar-refractivity contribution in [3.05, 3.63) is 103 Å². The van der Waals surface area contributed by atoms with Crippen LogP contribution in [0.4, 0.5) is 0 Å². The van der Waals surface area contributed by atoms with E-state index in [9.17, 15) is 24.0 Å². The predicted octanol–water partition coefficient (Wildman–Crippen LogP) is 8.16. The molecule has 0 aromatic heterocycles. The highest BCUT2D eigenvalue weighted by molar-refractivity contribution is 8.14. The summed E-state index contributed by atoms with van der Waals surface area (Å²) in [6.45, 7) is 5.50. The fraction of sp³-hybridized carbons (Fsp3) is 0.452. The molecule has 0 unspecified atom stereocenters. The van der Waals surface area contributed by atoms with Crippen molar-refractivity contribution in [3.63, 3.8) is 0 Å². The summed E-state index contributed by atoms with van der Waals surface area (Å²) in [6.07, 6.45) is 15.0. The topological polar surface area (TPSA) is 132 Å². The standard InChI is InChI=1S/C22H29NO3S.C20H25NO4S2/c1-18(17-19-7-3-2-4-8-19)12-13-20-9-5-10-21(24)23(20)14-16-27-15-6-11-22(25)26;22-18-9-4-6-16(21(18)13-15-26-14-5-10-19(23)24)11-12-20(25)27-17-7-2-1-3-8-17/h2-4,7-8,12-13,20H,1,5-6,9-11,14-17H2,(H,25,26);1-3,7-8,11-12,16H,4-6,9-10,13-15H2,(H,23,24)/t20-;16-/m11/s1. The van der Waals surface area contributed by atoms with E-state index in [1.165, 1.54) is 17.3 Å². The molecule has 9 nitrogen and oxygen atoms in total. The predicted molar refractivity (Wildman–Crippen MR) is 222 cm³/mol. The largest absolute Gasteiger partial charge is 0.481 e. The lowest BCUT2D eigenvalue weighted by Crippen LogP contribution is -2.43. The second-order valence-corrected chi connectivity index (χ2v) is 16.6. The van der Waals surface area contributed by atoms with Crippen molar-refractivity contribution in [2.45, 2.75) is 87.6 Å². The van der Waals surface area contributed by atoms with Gasteiger partial charge in [-0.3, -0.25) is 24.0 Å². The SMILES string of the molecule is C=C(C=C[C@H]1CCCC(=O)N1CCSCCCC(=O)O)Cc1ccccc1.O=C(O)CCCSCCN1C(=O)CCC[C@@H]1C=CC(=O)Sc1ccccc1. The number of carboxylic acids is 2. The molecule has 2 saturated heterocycles. The fourth-order valence-electron chi connectivity index (χ4n) is 6.05. The van der Waals surface area contributed by atoms with E-state index in [2.05, 4.69) is 30.9 Å². The molecule has 0 aliphatic carbocycles. The van der Waals surface area contributed by atoms with Crippen LogP contribution in [0.5, 0.6) is 0 Å². The molecule has 12 heteroatoms. The number of nitrogens with zero attached hydrogens (tertiary/aromatic N) is 2. The first-order valence-electron chi connectivity index (χ1n) is 18.7. The van der Waals surface area contributed by atoms with E-state index in [1.54, 1.807) is 29.6 Å². The smallest absolute Gasteiger partial charge is 0.303 e. The van der Waals surface area contributed by atoms with E-state index in [1.807, 2.05) is 64.4 Å². The van der Waals surface area contributed by atoms with Gasteiger partial charge in [-0.05, 0) is 92.0 Å². The van der Waals surface area contributed by atoms with E-state index in [-0.39, 0.29) is 41.9 Å². The van der Waals surface area contributed by atoms with Crippen LogP contribution in [-0.4, -0.2) is 97.1 Å². The summed E-state index contributed by atoms with van der Waals surface area (Å²) in [5, 5.41) is 17.3. The monoisotopic (exact) mass is 794 g/mol. The Morgan fingerprint density at radius 3 is 1.69 bits per heavy atom. The van der Waals surface area contributed by atoms with Crippen LogP contribution in [0.1, 0.15) is 69.8 Å². The molecule has 2 N–H and O–H groups in total. The zero-order valence-electron chi connectivity index (χ0n) is 31.0. The molecule has 4 rings (SSSR count). The summed E-state index contributed by atoms with van der Waals surface area (Å²) in [6, 6.07) is 19.9. The first-order valence-corrected chi connectivity index (χ1v) is 21.8. The number of likely N-dealkylation sites (tertiary alicyclic amines) is 2. The Kier molecular flexibility index (Phi) is 21.6. The molecule has 2 heterocycles. The average Bonchev–Trinajstić information content (AvgIpc) is 3.15. The average molecular weight is 795 g/mol. The molecule has 292 valence electrons. The Labute approximate surface area is 333 Å². The van der Waals surface area contributed by atoms with Crippen LogP contribution in [0.2, 0.25) is 0 Å². The number of piperidine rings is 2. The second kappa shape index (κ2) is 26.1. The number of carbonyl (C=O) groups excluding carboxylic acids is 3. The number of rotatable bonds is 21. The molecule has 0 bridgehead atoms. The maximum absolute atomic E-state index is 12.3. The van der Waals surface area contributed by atoms with Crippen molar-refractivity contribution in [2.24, 2.45) is 0 Å². The van der Waals surface area contributed by atoms with E-state index in [4.69, 9.17) is 10.2 Å². The van der Waals surface area contributed by atoms with E-state index in [0.717, 1.165) is 72.1 Å². The molecule has 2 aromatic rings. The highest BCUT2D eigenvalue weighted by atomic mass is 32.2. The van der Waals surface area contributed by atoms with Gasteiger partial charge >= 0.3 is 11.9 Å². The number of amides is 2. The van der Waals surface area contributed by atoms with Gasteiger partial charge < -0.3 is 20.0 Å². The summed E-state index contributed by atoms with van der Waals surface area (Å²) < 4.78 is 0. The zero-order valence-corrected chi connectivity index (χ0v) is 33.5. The van der Waals surface area contributed by atoms with Gasteiger partial charge in [-0.25, -0.2) is 0 Å². The number of hydrogen-bond acceptors (Lipinski definition) is 8. The highest BCUT2D eigenvalue weighted by Crippen LogP contribution is 2.23. The van der Waals surface area contributed by atoms with Gasteiger partial charge in [-0.15, -0.1) is 0 Å². The van der Waals surface area contributed by atoms with Gasteiger partial charge in [0.25, 0.3) is 0 Å². The number of benzene rings is 2. The minimum atomic E-state index is -0.773. The Morgan fingerprint density at radius 1 is 0.704 bits per heavy atom. The van der Waals surface area contributed by atoms with E-state index < -0.39 is 11.9 Å². The Morgan fingerprint density at radius 2 is 1.19 bits per heavy atom. The lowest BCUT2D eigenvalue weighted by molar-refractivity contribution is -0.138. The van der Waals surface area contributed by atoms with Crippen molar-refractivity contribution in [3.8, 4) is 0 Å². The second-order valence-electron chi connectivity index (χ2n) is 13.1. The highest BCUT2D eigenvalue weighted by Gasteiger charge is 2.27. The van der Waals surface area contributed by atoms with Crippen LogP contribution in [0.3, 0.4) is 0 Å². The van der Waals surface area contributed by atoms with Gasteiger partial charge in [0.05, 0.1) is 12.1 Å². The summed E-state index contributed by atoms with van der Waals surface area (Å²) in [7, 11) is 0. The van der Waals surface area contributed by atoms with Gasteiger partial charge in [-0.1, -0.05) is 78.9 Å². The van der Waals surface area contributed by atoms with E-state index in [0.29, 0.717) is 32.2 Å². The maximum atomic E-state index is 12.3. The van der Waals surface area contributed by atoms with E-state index >= 15 is 0 Å². The van der Waals surface area contributed by atoms with Gasteiger partial charge in [0, 0.05) is 55.2 Å². The first kappa shape index (κ1) is 44.7. The molecule has 2 amide bonds. The number of thioether (sulfide) groups is 3. The molecule has 54 heavy (non-hydrogen) atoms. The van der Waals surface area contributed by atoms with Gasteiger partial charge in [0.15, 0.2) is 0 Å². The zero-order chi connectivity index (χ0) is 39.0. The lowest BCUT2D eigenvalue weighted by Gasteiger charge is -2.34. The third kappa shape index (κ3) is 18.5. The molecule has 0 radical (unpaired) electrons. The Hall–Kier alpha value is -3.74. The number of aliphatic carboxylic acids is 2. The van der Waals surface area contributed by atoms with Crippen molar-refractivity contribution >= 4 is 64.2 Å². The molecule has 2 aliphatic rings. The fourth-order valence-corrected chi connectivity index (χ4v) is 8.48. The van der Waals surface area contributed by atoms with Gasteiger partial charge in [0.1, 0.15) is 0 Å². The Balaban J connectivity index is 0.000000290. The third-order valence-corrected chi connectivity index (χ3v) is 11.7. The van der Waals surface area contributed by atoms with Crippen LogP contribution in [0.15, 0.2) is 102 Å². The maximum Gasteiger partial charge on any atom is 0.303 e. The molecular weight excluding hydrogens is 741 g/mol. The quantitative estimate of drug-likeness (QED) is 0.0552. The van der Waals surface area contributed by atoms with Crippen molar-refractivity contribution in [1.29, 1.82) is 0 Å². The summed E-state index contributed by atoms with van der Waals surface area (Å²) in [5.41, 5.74) is 2.28. The lowest BCUT2D eigenvalue weighted by atomic mass is 9.99. The molecule has 2 aromatic carbocycles. The summed E-state index contributed by atoms with van der Waals surface area (Å²) in [5.74, 6) is 2.06. The summed E-state index contributed by atoms with van der Waals surface area (Å²) >= 11 is 4.57. The normalized spacial score (nSPS) is 17.4. The van der Waals surface area contributed by atoms with Gasteiger partial charge in [0.2, 0.25) is 16.9 Å². The number of hydrogen-bond donors (Lipinski definition) is 2. The van der Waals surface area contributed by atoms with Crippen molar-refractivity contribution in [2.75, 3.05) is 36.1 Å². The molecular formula is C42H54N2O7S3. The van der Waals surface area contributed by atoms with Gasteiger partial charge in [-0.2, -0.15) is 23.5 Å². The molecule has 2 aliphatic heterocycles. The molecule has 0 spiro atoms. The van der Waals surface area contributed by atoms with Crippen LogP contribution in [0, 0.1) is 0 Å². The summed E-state index contributed by atoms with van der Waals surface area (Å²) in [4.78, 5) is 62.5. The van der Waals surface area contributed by atoms with Crippen molar-refractivity contribution in [1.82, 2.24) is 9.80 Å². The van der Waals surface area contributed by atoms with Crippen molar-refractivity contribution < 1.29 is 34.2 Å². The van der Waals surface area contributed by atoms with Crippen LogP contribution in [-0.2, 0) is 30.4 Å². The third-order valence-electron chi connectivity index (χ3n) is 8.78. The van der Waals surface area contributed by atoms with Crippen LogP contribution in [0.25, 0.3) is 0 Å². The van der Waals surface area contributed by atoms with Crippen LogP contribution < -0.4 is 0 Å². The number of allylic oxidation sites excluding steroid dienone is 2. The number of carbonyl (C=O) groups is 5. The minimum absolute atomic E-state index is 0.0359.